The molecule has 1 nitrogen and oxygen atoms in total. The largest absolute Gasteiger partial charge is 0.496 e. The summed E-state index contributed by atoms with van der Waals surface area (Å²) in [5.41, 5.74) is 1.15. The molecule has 0 spiro atoms. The molecular formula is C11H16BrClO. The van der Waals surface area contributed by atoms with E-state index in [4.69, 9.17) is 16.3 Å². The summed E-state index contributed by atoms with van der Waals surface area (Å²) in [7, 11) is 1.65. The fourth-order valence-corrected chi connectivity index (χ4v) is 2.17. The molecule has 1 rings (SSSR count). The van der Waals surface area contributed by atoms with Crippen molar-refractivity contribution in [3.63, 3.8) is 0 Å². The summed E-state index contributed by atoms with van der Waals surface area (Å²) < 4.78 is 6.19. The molecule has 0 aliphatic carbocycles. The van der Waals surface area contributed by atoms with E-state index in [1.54, 1.807) is 7.11 Å². The third-order valence-electron chi connectivity index (χ3n) is 1.69. The van der Waals surface area contributed by atoms with Crippen LogP contribution in [0.2, 0.25) is 5.02 Å². The molecule has 0 amide bonds. The summed E-state index contributed by atoms with van der Waals surface area (Å²) in [5, 5.41) is 0.691. The first-order valence-electron chi connectivity index (χ1n) is 4.71. The monoisotopic (exact) mass is 278 g/mol. The van der Waals surface area contributed by atoms with Crippen LogP contribution in [0, 0.1) is 0 Å². The van der Waals surface area contributed by atoms with Gasteiger partial charge in [-0.25, -0.2) is 0 Å². The van der Waals surface area contributed by atoms with Gasteiger partial charge in [-0.05, 0) is 18.6 Å². The highest BCUT2D eigenvalue weighted by atomic mass is 79.9. The van der Waals surface area contributed by atoms with Crippen molar-refractivity contribution >= 4 is 27.5 Å². The lowest BCUT2D eigenvalue weighted by molar-refractivity contribution is 0.410. The van der Waals surface area contributed by atoms with Gasteiger partial charge >= 0.3 is 0 Å². The van der Waals surface area contributed by atoms with E-state index in [2.05, 4.69) is 22.9 Å². The highest BCUT2D eigenvalue weighted by Gasteiger charge is 2.06. The molecule has 1 aromatic rings. The van der Waals surface area contributed by atoms with Crippen molar-refractivity contribution < 1.29 is 4.74 Å². The first-order chi connectivity index (χ1) is 6.69. The predicted molar refractivity (Wildman–Crippen MR) is 66.4 cm³/mol. The fourth-order valence-electron chi connectivity index (χ4n) is 1.11. The molecule has 3 heteroatoms. The van der Waals surface area contributed by atoms with Crippen LogP contribution in [0.4, 0.5) is 0 Å². The van der Waals surface area contributed by atoms with E-state index in [-0.39, 0.29) is 0 Å². The molecule has 80 valence electrons. The van der Waals surface area contributed by atoms with Crippen molar-refractivity contribution in [2.75, 3.05) is 7.11 Å². The van der Waals surface area contributed by atoms with Crippen LogP contribution in [0.1, 0.15) is 26.3 Å². The summed E-state index contributed by atoms with van der Waals surface area (Å²) in [6, 6.07) is 3.70. The number of halogens is 2. The van der Waals surface area contributed by atoms with Crippen LogP contribution in [0.3, 0.4) is 0 Å². The minimum Gasteiger partial charge on any atom is -0.496 e. The average molecular weight is 280 g/mol. The maximum atomic E-state index is 5.85. The number of hydrogen-bond donors (Lipinski definition) is 0. The Balaban J connectivity index is 0.000000791. The molecule has 0 aromatic heterocycles. The number of rotatable bonds is 2. The van der Waals surface area contributed by atoms with E-state index in [1.807, 2.05) is 26.0 Å². The molecule has 0 atom stereocenters. The van der Waals surface area contributed by atoms with Gasteiger partial charge in [0.05, 0.1) is 7.11 Å². The fraction of sp³-hybridized carbons (Fsp3) is 0.455. The quantitative estimate of drug-likeness (QED) is 0.762. The minimum absolute atomic E-state index is 0.691. The van der Waals surface area contributed by atoms with Crippen LogP contribution in [0.5, 0.6) is 5.75 Å². The van der Waals surface area contributed by atoms with Crippen LogP contribution >= 0.6 is 27.5 Å². The summed E-state index contributed by atoms with van der Waals surface area (Å²) >= 11 is 9.28. The predicted octanol–water partition coefficient (Wildman–Crippen LogP) is 4.70. The zero-order valence-electron chi connectivity index (χ0n) is 9.03. The van der Waals surface area contributed by atoms with Crippen molar-refractivity contribution in [3.05, 3.63) is 27.2 Å². The molecule has 0 aliphatic rings. The van der Waals surface area contributed by atoms with E-state index < -0.39 is 0 Å². The number of methoxy groups -OCH3 is 1. The maximum absolute atomic E-state index is 5.85. The zero-order valence-corrected chi connectivity index (χ0v) is 11.4. The Hall–Kier alpha value is -0.210. The van der Waals surface area contributed by atoms with Gasteiger partial charge in [-0.2, -0.15) is 0 Å². The van der Waals surface area contributed by atoms with Gasteiger partial charge < -0.3 is 4.74 Å². The first-order valence-corrected chi connectivity index (χ1v) is 5.88. The molecule has 0 radical (unpaired) electrons. The Kier molecular flexibility index (Phi) is 7.02. The topological polar surface area (TPSA) is 9.23 Å². The number of ether oxygens (including phenoxy) is 1. The van der Waals surface area contributed by atoms with Gasteiger partial charge in [0.25, 0.3) is 0 Å². The van der Waals surface area contributed by atoms with Crippen molar-refractivity contribution in [2.24, 2.45) is 0 Å². The third kappa shape index (κ3) is 3.50. The van der Waals surface area contributed by atoms with Gasteiger partial charge in [-0.1, -0.05) is 48.3 Å². The summed E-state index contributed by atoms with van der Waals surface area (Å²) in [4.78, 5) is 0. The van der Waals surface area contributed by atoms with Crippen molar-refractivity contribution in [1.82, 2.24) is 0 Å². The molecule has 0 bridgehead atoms. The van der Waals surface area contributed by atoms with E-state index in [1.165, 1.54) is 0 Å². The minimum atomic E-state index is 0.691. The van der Waals surface area contributed by atoms with Crippen LogP contribution in [-0.4, -0.2) is 7.11 Å². The van der Waals surface area contributed by atoms with Crippen molar-refractivity contribution in [1.29, 1.82) is 0 Å². The smallest absolute Gasteiger partial charge is 0.124 e. The van der Waals surface area contributed by atoms with E-state index >= 15 is 0 Å². The van der Waals surface area contributed by atoms with Gasteiger partial charge in [0.1, 0.15) is 5.75 Å². The Morgan fingerprint density at radius 3 is 2.36 bits per heavy atom. The lowest BCUT2D eigenvalue weighted by atomic mass is 10.1. The molecule has 0 N–H and O–H groups in total. The Bertz CT molecular complexity index is 287. The molecule has 0 aliphatic heterocycles. The lowest BCUT2D eigenvalue weighted by Crippen LogP contribution is -1.91. The Morgan fingerprint density at radius 1 is 1.36 bits per heavy atom. The molecule has 0 unspecified atom stereocenters. The lowest BCUT2D eigenvalue weighted by Gasteiger charge is -2.08. The third-order valence-corrected chi connectivity index (χ3v) is 2.62. The van der Waals surface area contributed by atoms with E-state index in [9.17, 15) is 0 Å². The Morgan fingerprint density at radius 2 is 1.93 bits per heavy atom. The SMILES string of the molecule is CC.CCc1c(Br)cc(Cl)cc1OC. The maximum Gasteiger partial charge on any atom is 0.124 e. The zero-order chi connectivity index (χ0) is 11.1. The van der Waals surface area contributed by atoms with Gasteiger partial charge in [0.2, 0.25) is 0 Å². The van der Waals surface area contributed by atoms with Crippen LogP contribution in [-0.2, 0) is 6.42 Å². The van der Waals surface area contributed by atoms with E-state index in [0.29, 0.717) is 5.02 Å². The van der Waals surface area contributed by atoms with E-state index in [0.717, 1.165) is 22.2 Å². The molecule has 14 heavy (non-hydrogen) atoms. The molecule has 0 saturated carbocycles. The van der Waals surface area contributed by atoms with Gasteiger partial charge in [-0.3, -0.25) is 0 Å². The highest BCUT2D eigenvalue weighted by Crippen LogP contribution is 2.31. The van der Waals surface area contributed by atoms with Crippen molar-refractivity contribution in [2.45, 2.75) is 27.2 Å². The van der Waals surface area contributed by atoms with Crippen LogP contribution in [0.15, 0.2) is 16.6 Å². The second kappa shape index (κ2) is 7.13. The van der Waals surface area contributed by atoms with Gasteiger partial charge in [0, 0.05) is 15.1 Å². The van der Waals surface area contributed by atoms with Crippen LogP contribution < -0.4 is 4.74 Å². The second-order valence-corrected chi connectivity index (χ2v) is 3.71. The summed E-state index contributed by atoms with van der Waals surface area (Å²) in [6.45, 7) is 6.08. The summed E-state index contributed by atoms with van der Waals surface area (Å²) in [6.07, 6.45) is 0.931. The van der Waals surface area contributed by atoms with Crippen molar-refractivity contribution in [3.8, 4) is 5.75 Å². The number of hydrogen-bond acceptors (Lipinski definition) is 1. The molecule has 0 saturated heterocycles. The normalized spacial score (nSPS) is 9.00. The van der Waals surface area contributed by atoms with Gasteiger partial charge in [-0.15, -0.1) is 0 Å². The molecular weight excluding hydrogens is 263 g/mol. The Labute approximate surface area is 99.5 Å². The average Bonchev–Trinajstić information content (AvgIpc) is 2.19. The molecule has 1 aromatic carbocycles. The highest BCUT2D eigenvalue weighted by molar-refractivity contribution is 9.10. The number of benzene rings is 1. The first kappa shape index (κ1) is 13.8. The standard InChI is InChI=1S/C9H10BrClO.C2H6/c1-3-7-8(10)4-6(11)5-9(7)12-2;1-2/h4-5H,3H2,1-2H3;1-2H3. The van der Waals surface area contributed by atoms with Crippen LogP contribution in [0.25, 0.3) is 0 Å². The summed E-state index contributed by atoms with van der Waals surface area (Å²) in [5.74, 6) is 0.844. The molecule has 0 heterocycles. The second-order valence-electron chi connectivity index (χ2n) is 2.42. The molecule has 0 fully saturated rings. The van der Waals surface area contributed by atoms with Gasteiger partial charge in [0.15, 0.2) is 0 Å².